The Hall–Kier alpha value is -2.10. The highest BCUT2D eigenvalue weighted by Gasteiger charge is 2.53. The summed E-state index contributed by atoms with van der Waals surface area (Å²) in [5, 5.41) is 11.3. The molecule has 5 nitrogen and oxygen atoms in total. The molecule has 1 spiro atoms. The van der Waals surface area contributed by atoms with Crippen LogP contribution in [0.25, 0.3) is 0 Å². The fraction of sp³-hybridized carbons (Fsp3) is 0.615. The standard InChI is InChI=1S/C26H30F4N2O3/c1-13(2)21-19-20(18-16(32-21)10-24(3,4)11-17(18)33)25(5-7-34-8-6-25)35-23(19)22-15(27)9-14(12-31-22)26(28,29)30/h9,12-13,17,23,33H,5-8,10-11H2,1-4H3. The van der Waals surface area contributed by atoms with Crippen LogP contribution in [0.5, 0.6) is 0 Å². The third-order valence-electron chi connectivity index (χ3n) is 7.46. The van der Waals surface area contributed by atoms with E-state index in [1.807, 2.05) is 13.8 Å². The number of halogens is 4. The van der Waals surface area contributed by atoms with Gasteiger partial charge >= 0.3 is 6.18 Å². The molecule has 2 aromatic heterocycles. The summed E-state index contributed by atoms with van der Waals surface area (Å²) < 4.78 is 66.9. The van der Waals surface area contributed by atoms with Gasteiger partial charge in [-0.1, -0.05) is 27.7 Å². The van der Waals surface area contributed by atoms with Crippen LogP contribution in [0.4, 0.5) is 17.6 Å². The SMILES string of the molecule is CC(C)c1nc2c(c3c1C(c1ncc(C(F)(F)F)cc1F)OC31CCOCC1)C(O)CC(C)(C)C2. The lowest BCUT2D eigenvalue weighted by atomic mass is 9.70. The first-order chi connectivity index (χ1) is 16.3. The second-order valence-corrected chi connectivity index (χ2v) is 11.1. The van der Waals surface area contributed by atoms with Gasteiger partial charge in [0.15, 0.2) is 0 Å². The Bertz CT molecular complexity index is 1160. The van der Waals surface area contributed by atoms with Gasteiger partial charge in [-0.15, -0.1) is 0 Å². The van der Waals surface area contributed by atoms with Gasteiger partial charge < -0.3 is 14.6 Å². The van der Waals surface area contributed by atoms with Crippen molar-refractivity contribution in [1.29, 1.82) is 0 Å². The molecule has 9 heteroatoms. The number of aromatic nitrogens is 2. The number of aliphatic hydroxyl groups excluding tert-OH is 1. The van der Waals surface area contributed by atoms with E-state index in [0.29, 0.717) is 62.4 Å². The summed E-state index contributed by atoms with van der Waals surface area (Å²) in [6, 6.07) is 0.471. The molecule has 0 saturated carbocycles. The van der Waals surface area contributed by atoms with Gasteiger partial charge in [0, 0.05) is 54.8 Å². The smallest absolute Gasteiger partial charge is 0.388 e. The number of ether oxygens (including phenoxy) is 2. The second kappa shape index (κ2) is 8.21. The van der Waals surface area contributed by atoms with Crippen molar-refractivity contribution in [2.75, 3.05) is 13.2 Å². The minimum atomic E-state index is -4.70. The summed E-state index contributed by atoms with van der Waals surface area (Å²) >= 11 is 0. The Morgan fingerprint density at radius 2 is 1.83 bits per heavy atom. The van der Waals surface area contributed by atoms with Crippen molar-refractivity contribution >= 4 is 0 Å². The Kier molecular flexibility index (Phi) is 5.77. The van der Waals surface area contributed by atoms with Gasteiger partial charge in [0.1, 0.15) is 17.6 Å². The van der Waals surface area contributed by atoms with Crippen molar-refractivity contribution in [2.24, 2.45) is 5.41 Å². The van der Waals surface area contributed by atoms with Crippen LogP contribution in [0, 0.1) is 11.2 Å². The van der Waals surface area contributed by atoms with Crippen molar-refractivity contribution in [3.8, 4) is 0 Å². The van der Waals surface area contributed by atoms with Crippen LogP contribution in [-0.2, 0) is 27.7 Å². The fourth-order valence-corrected chi connectivity index (χ4v) is 5.93. The Balaban J connectivity index is 1.77. The molecule has 0 aromatic carbocycles. The van der Waals surface area contributed by atoms with Crippen molar-refractivity contribution in [1.82, 2.24) is 9.97 Å². The third kappa shape index (κ3) is 4.05. The predicted octanol–water partition coefficient (Wildman–Crippen LogP) is 5.89. The van der Waals surface area contributed by atoms with E-state index in [9.17, 15) is 18.3 Å². The Morgan fingerprint density at radius 1 is 1.14 bits per heavy atom. The van der Waals surface area contributed by atoms with Crippen molar-refractivity contribution in [2.45, 2.75) is 83.3 Å². The minimum Gasteiger partial charge on any atom is -0.388 e. The van der Waals surface area contributed by atoms with Gasteiger partial charge in [0.05, 0.1) is 17.3 Å². The summed E-state index contributed by atoms with van der Waals surface area (Å²) in [4.78, 5) is 8.89. The van der Waals surface area contributed by atoms with E-state index >= 15 is 4.39 Å². The number of fused-ring (bicyclic) bond motifs is 4. The number of hydrogen-bond acceptors (Lipinski definition) is 5. The van der Waals surface area contributed by atoms with E-state index in [1.54, 1.807) is 0 Å². The van der Waals surface area contributed by atoms with E-state index in [4.69, 9.17) is 14.5 Å². The second-order valence-electron chi connectivity index (χ2n) is 11.1. The zero-order valence-corrected chi connectivity index (χ0v) is 20.3. The van der Waals surface area contributed by atoms with E-state index in [-0.39, 0.29) is 17.0 Å². The number of hydrogen-bond donors (Lipinski definition) is 1. The maximum Gasteiger partial charge on any atom is 0.417 e. The molecule has 2 unspecified atom stereocenters. The van der Waals surface area contributed by atoms with Crippen LogP contribution < -0.4 is 0 Å². The average molecular weight is 495 g/mol. The summed E-state index contributed by atoms with van der Waals surface area (Å²) in [5.41, 5.74) is 1.33. The number of pyridine rings is 2. The summed E-state index contributed by atoms with van der Waals surface area (Å²) in [6.45, 7) is 8.97. The molecule has 1 saturated heterocycles. The normalized spacial score (nSPS) is 25.1. The maximum atomic E-state index is 15.2. The van der Waals surface area contributed by atoms with E-state index < -0.39 is 35.4 Å². The molecule has 190 valence electrons. The van der Waals surface area contributed by atoms with Crippen LogP contribution in [0.15, 0.2) is 12.3 Å². The van der Waals surface area contributed by atoms with Crippen LogP contribution in [0.3, 0.4) is 0 Å². The first-order valence-electron chi connectivity index (χ1n) is 12.1. The quantitative estimate of drug-likeness (QED) is 0.528. The van der Waals surface area contributed by atoms with Crippen molar-refractivity contribution < 1.29 is 32.1 Å². The van der Waals surface area contributed by atoms with Crippen LogP contribution in [0.2, 0.25) is 0 Å². The first kappa shape index (κ1) is 24.6. The Morgan fingerprint density at radius 3 is 2.43 bits per heavy atom. The van der Waals surface area contributed by atoms with E-state index in [0.717, 1.165) is 16.8 Å². The molecule has 0 amide bonds. The molecule has 1 fully saturated rings. The first-order valence-corrected chi connectivity index (χ1v) is 12.1. The number of aliphatic hydroxyl groups is 1. The molecule has 3 aliphatic rings. The number of nitrogens with zero attached hydrogens (tertiary/aromatic N) is 2. The van der Waals surface area contributed by atoms with Gasteiger partial charge in [-0.05, 0) is 35.8 Å². The molecule has 35 heavy (non-hydrogen) atoms. The predicted molar refractivity (Wildman–Crippen MR) is 119 cm³/mol. The van der Waals surface area contributed by atoms with Gasteiger partial charge in [-0.2, -0.15) is 13.2 Å². The van der Waals surface area contributed by atoms with Crippen LogP contribution >= 0.6 is 0 Å². The molecule has 0 radical (unpaired) electrons. The molecular formula is C26H30F4N2O3. The van der Waals surface area contributed by atoms with Crippen molar-refractivity contribution in [3.05, 3.63) is 57.4 Å². The monoisotopic (exact) mass is 494 g/mol. The Labute approximate surface area is 201 Å². The average Bonchev–Trinajstić information content (AvgIpc) is 3.05. The molecule has 4 heterocycles. The zero-order chi connectivity index (χ0) is 25.3. The van der Waals surface area contributed by atoms with Gasteiger partial charge in [0.2, 0.25) is 0 Å². The lowest BCUT2D eigenvalue weighted by Crippen LogP contribution is -2.37. The molecule has 2 atom stereocenters. The largest absolute Gasteiger partial charge is 0.417 e. The summed E-state index contributed by atoms with van der Waals surface area (Å²) in [5.74, 6) is -1.14. The van der Waals surface area contributed by atoms with Crippen LogP contribution in [-0.4, -0.2) is 28.3 Å². The zero-order valence-electron chi connectivity index (χ0n) is 20.3. The molecule has 5 rings (SSSR count). The van der Waals surface area contributed by atoms with E-state index in [2.05, 4.69) is 18.8 Å². The maximum absolute atomic E-state index is 15.2. The summed E-state index contributed by atoms with van der Waals surface area (Å²) in [6.07, 6.45) is -3.66. The lowest BCUT2D eigenvalue weighted by Gasteiger charge is -2.40. The highest BCUT2D eigenvalue weighted by molar-refractivity contribution is 5.54. The number of alkyl halides is 3. The van der Waals surface area contributed by atoms with Crippen molar-refractivity contribution in [3.63, 3.8) is 0 Å². The molecule has 0 bridgehead atoms. The van der Waals surface area contributed by atoms with Gasteiger partial charge in [-0.25, -0.2) is 4.39 Å². The van der Waals surface area contributed by atoms with Crippen LogP contribution in [0.1, 0.15) is 104 Å². The van der Waals surface area contributed by atoms with Gasteiger partial charge in [-0.3, -0.25) is 9.97 Å². The minimum absolute atomic E-state index is 0.0603. The molecular weight excluding hydrogens is 464 g/mol. The molecule has 1 N–H and O–H groups in total. The molecule has 2 aliphatic heterocycles. The van der Waals surface area contributed by atoms with Gasteiger partial charge in [0.25, 0.3) is 0 Å². The topological polar surface area (TPSA) is 64.5 Å². The van der Waals surface area contributed by atoms with E-state index in [1.165, 1.54) is 0 Å². The molecule has 1 aliphatic carbocycles. The lowest BCUT2D eigenvalue weighted by molar-refractivity contribution is -0.138. The summed E-state index contributed by atoms with van der Waals surface area (Å²) in [7, 11) is 0. The third-order valence-corrected chi connectivity index (χ3v) is 7.46. The number of rotatable bonds is 2. The molecule has 2 aromatic rings. The highest BCUT2D eigenvalue weighted by atomic mass is 19.4. The fourth-order valence-electron chi connectivity index (χ4n) is 5.93. The highest BCUT2D eigenvalue weighted by Crippen LogP contribution is 2.57.